The number of nitrogens with one attached hydrogen (secondary N) is 1. The minimum absolute atomic E-state index is 0.0854. The van der Waals surface area contributed by atoms with Crippen molar-refractivity contribution in [1.29, 1.82) is 0 Å². The molecule has 120 valence electrons. The lowest BCUT2D eigenvalue weighted by Gasteiger charge is -2.17. The van der Waals surface area contributed by atoms with Gasteiger partial charge >= 0.3 is 0 Å². The second kappa shape index (κ2) is 9.68. The van der Waals surface area contributed by atoms with Crippen molar-refractivity contribution >= 4 is 0 Å². The normalized spacial score (nSPS) is 14.0. The molecule has 21 heavy (non-hydrogen) atoms. The second-order valence-corrected chi connectivity index (χ2v) is 4.85. The first-order valence-electron chi connectivity index (χ1n) is 6.91. The van der Waals surface area contributed by atoms with Gasteiger partial charge in [0.15, 0.2) is 0 Å². The van der Waals surface area contributed by atoms with Gasteiger partial charge in [-0.1, -0.05) is 0 Å². The van der Waals surface area contributed by atoms with E-state index in [4.69, 9.17) is 14.2 Å². The summed E-state index contributed by atoms with van der Waals surface area (Å²) in [5.41, 5.74) is 0.707. The van der Waals surface area contributed by atoms with Gasteiger partial charge in [-0.05, 0) is 32.2 Å². The molecular formula is C15H24FNO4. The summed E-state index contributed by atoms with van der Waals surface area (Å²) in [6, 6.07) is 4.30. The van der Waals surface area contributed by atoms with E-state index in [0.717, 1.165) is 0 Å². The number of hydrogen-bond acceptors (Lipinski definition) is 5. The number of aliphatic hydroxyl groups is 1. The summed E-state index contributed by atoms with van der Waals surface area (Å²) in [6.07, 6.45) is -0.841. The number of ether oxygens (including phenoxy) is 3. The third-order valence-corrected chi connectivity index (χ3v) is 2.80. The Bertz CT molecular complexity index is 417. The Hall–Kier alpha value is -1.21. The number of benzene rings is 1. The summed E-state index contributed by atoms with van der Waals surface area (Å²) in [4.78, 5) is 0. The van der Waals surface area contributed by atoms with Gasteiger partial charge < -0.3 is 24.6 Å². The van der Waals surface area contributed by atoms with E-state index in [-0.39, 0.29) is 25.1 Å². The van der Waals surface area contributed by atoms with Crippen LogP contribution in [0.3, 0.4) is 0 Å². The molecule has 0 heterocycles. The number of hydrogen-bond donors (Lipinski definition) is 2. The van der Waals surface area contributed by atoms with Crippen LogP contribution in [0.4, 0.5) is 4.39 Å². The van der Waals surface area contributed by atoms with Crippen LogP contribution in [0.2, 0.25) is 0 Å². The highest BCUT2D eigenvalue weighted by molar-refractivity contribution is 5.33. The Morgan fingerprint density at radius 3 is 2.71 bits per heavy atom. The molecule has 0 amide bonds. The van der Waals surface area contributed by atoms with E-state index in [1.165, 1.54) is 12.1 Å². The molecule has 6 heteroatoms. The number of aliphatic hydroxyl groups excluding tert-OH is 1. The van der Waals surface area contributed by atoms with Crippen LogP contribution in [0.15, 0.2) is 18.2 Å². The van der Waals surface area contributed by atoms with Crippen molar-refractivity contribution in [2.24, 2.45) is 0 Å². The first-order chi connectivity index (χ1) is 10.1. The van der Waals surface area contributed by atoms with E-state index in [2.05, 4.69) is 5.32 Å². The molecule has 0 radical (unpaired) electrons. The Morgan fingerprint density at radius 2 is 2.05 bits per heavy atom. The Labute approximate surface area is 125 Å². The van der Waals surface area contributed by atoms with Gasteiger partial charge in [-0.2, -0.15) is 0 Å². The van der Waals surface area contributed by atoms with Crippen molar-refractivity contribution in [3.63, 3.8) is 0 Å². The van der Waals surface area contributed by atoms with Crippen molar-refractivity contribution in [2.75, 3.05) is 34.0 Å². The molecule has 2 atom stereocenters. The van der Waals surface area contributed by atoms with Crippen molar-refractivity contribution in [1.82, 2.24) is 5.32 Å². The summed E-state index contributed by atoms with van der Waals surface area (Å²) < 4.78 is 29.1. The molecule has 0 aliphatic rings. The zero-order valence-corrected chi connectivity index (χ0v) is 12.8. The summed E-state index contributed by atoms with van der Waals surface area (Å²) in [5.74, 6) is 0.236. The molecule has 2 N–H and O–H groups in total. The van der Waals surface area contributed by atoms with Gasteiger partial charge in [-0.15, -0.1) is 0 Å². The van der Waals surface area contributed by atoms with Crippen LogP contribution in [0.1, 0.15) is 12.5 Å². The third kappa shape index (κ3) is 6.86. The zero-order valence-electron chi connectivity index (χ0n) is 12.8. The summed E-state index contributed by atoms with van der Waals surface area (Å²) >= 11 is 0. The minimum Gasteiger partial charge on any atom is -0.490 e. The highest BCUT2D eigenvalue weighted by Crippen LogP contribution is 2.19. The van der Waals surface area contributed by atoms with Crippen LogP contribution >= 0.6 is 0 Å². The summed E-state index contributed by atoms with van der Waals surface area (Å²) in [5, 5.41) is 12.8. The summed E-state index contributed by atoms with van der Waals surface area (Å²) in [6.45, 7) is 3.07. The fourth-order valence-corrected chi connectivity index (χ4v) is 1.81. The first kappa shape index (κ1) is 17.8. The van der Waals surface area contributed by atoms with E-state index in [1.54, 1.807) is 20.2 Å². The lowest BCUT2D eigenvalue weighted by Crippen LogP contribution is -2.27. The van der Waals surface area contributed by atoms with E-state index in [0.29, 0.717) is 24.5 Å². The SMILES string of the molecule is CNCc1cc(F)ccc1OCC(O)COC(C)COC. The van der Waals surface area contributed by atoms with Gasteiger partial charge in [-0.3, -0.25) is 0 Å². The van der Waals surface area contributed by atoms with Crippen LogP contribution in [0.25, 0.3) is 0 Å². The quantitative estimate of drug-likeness (QED) is 0.683. The highest BCUT2D eigenvalue weighted by atomic mass is 19.1. The fraction of sp³-hybridized carbons (Fsp3) is 0.600. The van der Waals surface area contributed by atoms with Crippen molar-refractivity contribution < 1.29 is 23.7 Å². The summed E-state index contributed by atoms with van der Waals surface area (Å²) in [7, 11) is 3.37. The van der Waals surface area contributed by atoms with Crippen LogP contribution < -0.4 is 10.1 Å². The number of rotatable bonds is 10. The standard InChI is InChI=1S/C15H24FNO4/c1-11(8-19-3)20-9-14(18)10-21-15-5-4-13(16)6-12(15)7-17-2/h4-6,11,14,17-18H,7-10H2,1-3H3. The minimum atomic E-state index is -0.753. The van der Waals surface area contributed by atoms with Crippen molar-refractivity contribution in [2.45, 2.75) is 25.7 Å². The molecule has 1 rings (SSSR count). The largest absolute Gasteiger partial charge is 0.490 e. The van der Waals surface area contributed by atoms with Crippen LogP contribution in [0.5, 0.6) is 5.75 Å². The maximum absolute atomic E-state index is 13.2. The van der Waals surface area contributed by atoms with E-state index in [1.807, 2.05) is 6.92 Å². The van der Waals surface area contributed by atoms with Crippen LogP contribution in [-0.2, 0) is 16.0 Å². The third-order valence-electron chi connectivity index (χ3n) is 2.80. The van der Waals surface area contributed by atoms with Gasteiger partial charge in [0, 0.05) is 19.2 Å². The maximum atomic E-state index is 13.2. The van der Waals surface area contributed by atoms with E-state index >= 15 is 0 Å². The average Bonchev–Trinajstić information content (AvgIpc) is 2.45. The van der Waals surface area contributed by atoms with Crippen LogP contribution in [0, 0.1) is 5.82 Å². The molecule has 0 saturated carbocycles. The Morgan fingerprint density at radius 1 is 1.29 bits per heavy atom. The number of methoxy groups -OCH3 is 1. The molecule has 0 fully saturated rings. The molecule has 0 aliphatic heterocycles. The van der Waals surface area contributed by atoms with E-state index in [9.17, 15) is 9.50 Å². The van der Waals surface area contributed by atoms with Gasteiger partial charge in [0.05, 0.1) is 19.3 Å². The molecule has 0 bridgehead atoms. The topological polar surface area (TPSA) is 60.0 Å². The molecule has 2 unspecified atom stereocenters. The van der Waals surface area contributed by atoms with Gasteiger partial charge in [0.25, 0.3) is 0 Å². The van der Waals surface area contributed by atoms with Crippen LogP contribution in [-0.4, -0.2) is 51.3 Å². The first-order valence-corrected chi connectivity index (χ1v) is 6.91. The lowest BCUT2D eigenvalue weighted by molar-refractivity contribution is -0.0423. The van der Waals surface area contributed by atoms with Gasteiger partial charge in [0.2, 0.25) is 0 Å². The van der Waals surface area contributed by atoms with Crippen molar-refractivity contribution in [3.05, 3.63) is 29.6 Å². The monoisotopic (exact) mass is 301 g/mol. The predicted octanol–water partition coefficient (Wildman–Crippen LogP) is 1.34. The molecule has 1 aromatic rings. The van der Waals surface area contributed by atoms with Gasteiger partial charge in [-0.25, -0.2) is 4.39 Å². The molecule has 5 nitrogen and oxygen atoms in total. The second-order valence-electron chi connectivity index (χ2n) is 4.85. The maximum Gasteiger partial charge on any atom is 0.124 e. The van der Waals surface area contributed by atoms with Gasteiger partial charge in [0.1, 0.15) is 24.3 Å². The Kier molecular flexibility index (Phi) is 8.22. The van der Waals surface area contributed by atoms with Crippen molar-refractivity contribution in [3.8, 4) is 5.75 Å². The highest BCUT2D eigenvalue weighted by Gasteiger charge is 2.11. The number of halogens is 1. The van der Waals surface area contributed by atoms with E-state index < -0.39 is 6.10 Å². The molecule has 0 saturated heterocycles. The fourth-order valence-electron chi connectivity index (χ4n) is 1.81. The smallest absolute Gasteiger partial charge is 0.124 e. The average molecular weight is 301 g/mol. The zero-order chi connectivity index (χ0) is 15.7. The predicted molar refractivity (Wildman–Crippen MR) is 78.0 cm³/mol. The molecule has 1 aromatic carbocycles. The lowest BCUT2D eigenvalue weighted by atomic mass is 10.2. The Balaban J connectivity index is 2.43. The molecule has 0 spiro atoms. The molecule has 0 aliphatic carbocycles. The molecule has 0 aromatic heterocycles. The molecular weight excluding hydrogens is 277 g/mol.